The van der Waals surface area contributed by atoms with Gasteiger partial charge < -0.3 is 4.74 Å². The molecule has 1 saturated heterocycles. The molecule has 1 heterocycles. The SMILES string of the molecule is Cc1ccccc1CC1(C#N)COC1. The van der Waals surface area contributed by atoms with Gasteiger partial charge >= 0.3 is 0 Å². The highest BCUT2D eigenvalue weighted by atomic mass is 16.5. The summed E-state index contributed by atoms with van der Waals surface area (Å²) in [5.74, 6) is 0. The lowest BCUT2D eigenvalue weighted by Crippen LogP contribution is -2.43. The quantitative estimate of drug-likeness (QED) is 0.710. The maximum atomic E-state index is 9.06. The Morgan fingerprint density at radius 1 is 1.43 bits per heavy atom. The van der Waals surface area contributed by atoms with Crippen molar-refractivity contribution < 1.29 is 4.74 Å². The number of ether oxygens (including phenoxy) is 1. The first-order chi connectivity index (χ1) is 6.76. The molecule has 72 valence electrons. The van der Waals surface area contributed by atoms with Crippen molar-refractivity contribution in [3.63, 3.8) is 0 Å². The Bertz CT molecular complexity index is 374. The summed E-state index contributed by atoms with van der Waals surface area (Å²) in [6.45, 7) is 3.25. The van der Waals surface area contributed by atoms with E-state index >= 15 is 0 Å². The van der Waals surface area contributed by atoms with Crippen molar-refractivity contribution in [1.82, 2.24) is 0 Å². The van der Waals surface area contributed by atoms with Crippen LogP contribution < -0.4 is 0 Å². The van der Waals surface area contributed by atoms with Gasteiger partial charge in [0, 0.05) is 0 Å². The average Bonchev–Trinajstić information content (AvgIpc) is 2.14. The Balaban J connectivity index is 2.19. The molecule has 0 atom stereocenters. The van der Waals surface area contributed by atoms with Crippen molar-refractivity contribution in [3.8, 4) is 6.07 Å². The predicted molar refractivity (Wildman–Crippen MR) is 53.7 cm³/mol. The van der Waals surface area contributed by atoms with Crippen molar-refractivity contribution in [1.29, 1.82) is 5.26 Å². The number of rotatable bonds is 2. The molecule has 2 heteroatoms. The normalized spacial score (nSPS) is 18.3. The smallest absolute Gasteiger partial charge is 0.108 e. The summed E-state index contributed by atoms with van der Waals surface area (Å²) in [6, 6.07) is 10.6. The third-order valence-electron chi connectivity index (χ3n) is 2.78. The second kappa shape index (κ2) is 3.43. The fourth-order valence-electron chi connectivity index (χ4n) is 1.73. The molecule has 2 rings (SSSR count). The van der Waals surface area contributed by atoms with Crippen LogP contribution in [0.5, 0.6) is 0 Å². The van der Waals surface area contributed by atoms with Crippen molar-refractivity contribution in [2.24, 2.45) is 5.41 Å². The number of hydrogen-bond acceptors (Lipinski definition) is 2. The summed E-state index contributed by atoms with van der Waals surface area (Å²) < 4.78 is 5.12. The number of nitriles is 1. The van der Waals surface area contributed by atoms with Crippen LogP contribution >= 0.6 is 0 Å². The van der Waals surface area contributed by atoms with Crippen LogP contribution in [0.3, 0.4) is 0 Å². The third kappa shape index (κ3) is 1.51. The molecule has 1 aliphatic rings. The van der Waals surface area contributed by atoms with Crippen LogP contribution in [0.2, 0.25) is 0 Å². The molecule has 14 heavy (non-hydrogen) atoms. The highest BCUT2D eigenvalue weighted by Crippen LogP contribution is 2.31. The van der Waals surface area contributed by atoms with E-state index < -0.39 is 0 Å². The Labute approximate surface area is 84.1 Å². The maximum absolute atomic E-state index is 9.06. The van der Waals surface area contributed by atoms with Crippen LogP contribution in [0.25, 0.3) is 0 Å². The number of benzene rings is 1. The molecule has 1 aromatic rings. The molecular weight excluding hydrogens is 174 g/mol. The first-order valence-electron chi connectivity index (χ1n) is 4.79. The van der Waals surface area contributed by atoms with E-state index in [1.54, 1.807) is 0 Å². The highest BCUT2D eigenvalue weighted by Gasteiger charge is 2.39. The molecule has 1 fully saturated rings. The molecule has 0 amide bonds. The third-order valence-corrected chi connectivity index (χ3v) is 2.78. The van der Waals surface area contributed by atoms with Gasteiger partial charge in [0.1, 0.15) is 5.41 Å². The van der Waals surface area contributed by atoms with Gasteiger partial charge in [0.05, 0.1) is 19.3 Å². The standard InChI is InChI=1S/C12H13NO/c1-10-4-2-3-5-11(10)6-12(7-13)8-14-9-12/h2-5H,6,8-9H2,1H3. The zero-order chi connectivity index (χ0) is 10.0. The molecule has 0 saturated carbocycles. The van der Waals surface area contributed by atoms with Gasteiger partial charge in [0.25, 0.3) is 0 Å². The maximum Gasteiger partial charge on any atom is 0.108 e. The molecule has 2 nitrogen and oxygen atoms in total. The molecule has 0 radical (unpaired) electrons. The number of hydrogen-bond donors (Lipinski definition) is 0. The Kier molecular flexibility index (Phi) is 2.26. The van der Waals surface area contributed by atoms with Crippen LogP contribution in [0, 0.1) is 23.7 Å². The van der Waals surface area contributed by atoms with Crippen molar-refractivity contribution in [3.05, 3.63) is 35.4 Å². The Hall–Kier alpha value is -1.33. The van der Waals surface area contributed by atoms with Gasteiger partial charge in [0.2, 0.25) is 0 Å². The summed E-state index contributed by atoms with van der Waals surface area (Å²) in [7, 11) is 0. The van der Waals surface area contributed by atoms with Crippen LogP contribution in [0.4, 0.5) is 0 Å². The molecule has 1 aliphatic heterocycles. The summed E-state index contributed by atoms with van der Waals surface area (Å²) >= 11 is 0. The first-order valence-corrected chi connectivity index (χ1v) is 4.79. The van der Waals surface area contributed by atoms with Gasteiger partial charge in [0.15, 0.2) is 0 Å². The van der Waals surface area contributed by atoms with Gasteiger partial charge in [-0.3, -0.25) is 0 Å². The van der Waals surface area contributed by atoms with Crippen molar-refractivity contribution in [2.45, 2.75) is 13.3 Å². The van der Waals surface area contributed by atoms with E-state index in [0.717, 1.165) is 6.42 Å². The summed E-state index contributed by atoms with van der Waals surface area (Å²) in [5.41, 5.74) is 2.26. The lowest BCUT2D eigenvalue weighted by Gasteiger charge is -2.35. The molecule has 0 aromatic heterocycles. The lowest BCUT2D eigenvalue weighted by atomic mass is 9.80. The summed E-state index contributed by atoms with van der Waals surface area (Å²) in [6.07, 6.45) is 0.816. The van der Waals surface area contributed by atoms with E-state index in [1.165, 1.54) is 11.1 Å². The molecule has 0 N–H and O–H groups in total. The average molecular weight is 187 g/mol. The molecule has 0 spiro atoms. The van der Waals surface area contributed by atoms with Gasteiger partial charge in [-0.25, -0.2) is 0 Å². The minimum Gasteiger partial charge on any atom is -0.378 e. The highest BCUT2D eigenvalue weighted by molar-refractivity contribution is 5.28. The zero-order valence-electron chi connectivity index (χ0n) is 8.29. The fraction of sp³-hybridized carbons (Fsp3) is 0.417. The van der Waals surface area contributed by atoms with Gasteiger partial charge in [-0.05, 0) is 24.5 Å². The van der Waals surface area contributed by atoms with Crippen LogP contribution in [-0.2, 0) is 11.2 Å². The summed E-state index contributed by atoms with van der Waals surface area (Å²) in [4.78, 5) is 0. The minimum absolute atomic E-state index is 0.258. The van der Waals surface area contributed by atoms with Gasteiger partial charge in [-0.2, -0.15) is 5.26 Å². The lowest BCUT2D eigenvalue weighted by molar-refractivity contribution is -0.0765. The van der Waals surface area contributed by atoms with E-state index in [-0.39, 0.29) is 5.41 Å². The Morgan fingerprint density at radius 2 is 2.14 bits per heavy atom. The van der Waals surface area contributed by atoms with Gasteiger partial charge in [-0.15, -0.1) is 0 Å². The van der Waals surface area contributed by atoms with Gasteiger partial charge in [-0.1, -0.05) is 24.3 Å². The van der Waals surface area contributed by atoms with E-state index in [2.05, 4.69) is 25.1 Å². The molecule has 0 bridgehead atoms. The molecule has 1 aromatic carbocycles. The van der Waals surface area contributed by atoms with Crippen molar-refractivity contribution in [2.75, 3.05) is 13.2 Å². The predicted octanol–water partition coefficient (Wildman–Crippen LogP) is 2.08. The monoisotopic (exact) mass is 187 g/mol. The van der Waals surface area contributed by atoms with Crippen LogP contribution in [0.15, 0.2) is 24.3 Å². The van der Waals surface area contributed by atoms with Crippen LogP contribution in [-0.4, -0.2) is 13.2 Å². The second-order valence-electron chi connectivity index (χ2n) is 3.99. The zero-order valence-corrected chi connectivity index (χ0v) is 8.29. The van der Waals surface area contributed by atoms with Crippen LogP contribution in [0.1, 0.15) is 11.1 Å². The molecule has 0 unspecified atom stereocenters. The second-order valence-corrected chi connectivity index (χ2v) is 3.99. The number of nitrogens with zero attached hydrogens (tertiary/aromatic N) is 1. The summed E-state index contributed by atoms with van der Waals surface area (Å²) in [5, 5.41) is 9.06. The van der Waals surface area contributed by atoms with E-state index in [0.29, 0.717) is 13.2 Å². The van der Waals surface area contributed by atoms with Crippen molar-refractivity contribution >= 4 is 0 Å². The number of aryl methyl sites for hydroxylation is 1. The van der Waals surface area contributed by atoms with E-state index in [4.69, 9.17) is 10.00 Å². The molecular formula is C12H13NO. The molecule has 0 aliphatic carbocycles. The van der Waals surface area contributed by atoms with E-state index in [1.807, 2.05) is 12.1 Å². The Morgan fingerprint density at radius 3 is 2.64 bits per heavy atom. The first kappa shape index (κ1) is 9.23. The topological polar surface area (TPSA) is 33.0 Å². The minimum atomic E-state index is -0.258. The van der Waals surface area contributed by atoms with E-state index in [9.17, 15) is 0 Å². The fourth-order valence-corrected chi connectivity index (χ4v) is 1.73. The largest absolute Gasteiger partial charge is 0.378 e.